The Kier molecular flexibility index (Phi) is 7.29. The lowest BCUT2D eigenvalue weighted by Gasteiger charge is -2.15. The quantitative estimate of drug-likeness (QED) is 0.643. The number of para-hydroxylation sites is 1. The van der Waals surface area contributed by atoms with Crippen LogP contribution in [0.1, 0.15) is 45.1 Å². The number of amides is 3. The van der Waals surface area contributed by atoms with Gasteiger partial charge in [-0.3, -0.25) is 4.79 Å². The first-order valence-corrected chi connectivity index (χ1v) is 7.46. The first-order chi connectivity index (χ1) is 10.0. The van der Waals surface area contributed by atoms with Gasteiger partial charge >= 0.3 is 6.03 Å². The molecule has 0 spiro atoms. The summed E-state index contributed by atoms with van der Waals surface area (Å²) in [6.45, 7) is 4.14. The predicted octanol–water partition coefficient (Wildman–Crippen LogP) is 2.80. The Morgan fingerprint density at radius 1 is 1.24 bits per heavy atom. The largest absolute Gasteiger partial charge is 0.369 e. The van der Waals surface area contributed by atoms with Crippen LogP contribution in [0, 0.1) is 0 Å². The summed E-state index contributed by atoms with van der Waals surface area (Å²) < 4.78 is 0. The highest BCUT2D eigenvalue weighted by Crippen LogP contribution is 2.15. The number of rotatable bonds is 8. The second-order valence-corrected chi connectivity index (χ2v) is 5.30. The summed E-state index contributed by atoms with van der Waals surface area (Å²) in [5, 5.41) is 5.68. The maximum absolute atomic E-state index is 12.0. The molecule has 5 heteroatoms. The van der Waals surface area contributed by atoms with Crippen molar-refractivity contribution in [1.29, 1.82) is 0 Å². The van der Waals surface area contributed by atoms with Gasteiger partial charge < -0.3 is 16.4 Å². The van der Waals surface area contributed by atoms with E-state index in [0.29, 0.717) is 5.69 Å². The number of hydrogen-bond acceptors (Lipinski definition) is 2. The number of unbranched alkanes of at least 4 members (excludes halogenated alkanes) is 2. The molecular formula is C16H25N3O2. The molecule has 0 aliphatic carbocycles. The molecule has 0 radical (unpaired) electrons. The second kappa shape index (κ2) is 9.00. The van der Waals surface area contributed by atoms with E-state index >= 15 is 0 Å². The van der Waals surface area contributed by atoms with Crippen molar-refractivity contribution in [3.63, 3.8) is 0 Å². The molecule has 1 rings (SSSR count). The van der Waals surface area contributed by atoms with E-state index in [4.69, 9.17) is 5.73 Å². The maximum atomic E-state index is 12.0. The molecule has 0 saturated carbocycles. The number of nitrogens with one attached hydrogen (secondary N) is 2. The van der Waals surface area contributed by atoms with Crippen LogP contribution >= 0.6 is 0 Å². The Morgan fingerprint density at radius 3 is 2.62 bits per heavy atom. The lowest BCUT2D eigenvalue weighted by Crippen LogP contribution is -2.36. The molecule has 0 aliphatic heterocycles. The van der Waals surface area contributed by atoms with Crippen molar-refractivity contribution in [2.24, 2.45) is 5.73 Å². The van der Waals surface area contributed by atoms with Crippen LogP contribution in [0.4, 0.5) is 10.5 Å². The summed E-state index contributed by atoms with van der Waals surface area (Å²) in [5.74, 6) is -0.419. The Hall–Kier alpha value is -2.04. The summed E-state index contributed by atoms with van der Waals surface area (Å²) in [6.07, 6.45) is 4.53. The zero-order valence-corrected chi connectivity index (χ0v) is 12.8. The van der Waals surface area contributed by atoms with Crippen LogP contribution < -0.4 is 16.4 Å². The average molecular weight is 291 g/mol. The van der Waals surface area contributed by atoms with Gasteiger partial charge in [-0.05, 0) is 25.0 Å². The number of carbonyl (C=O) groups excluding carboxylic acids is 2. The topological polar surface area (TPSA) is 84.2 Å². The van der Waals surface area contributed by atoms with Crippen LogP contribution in [0.25, 0.3) is 0 Å². The Balaban J connectivity index is 2.52. The molecule has 116 valence electrons. The summed E-state index contributed by atoms with van der Waals surface area (Å²) in [4.78, 5) is 23.0. The number of anilines is 1. The zero-order chi connectivity index (χ0) is 15.7. The Bertz CT molecular complexity index is 474. The third-order valence-electron chi connectivity index (χ3n) is 3.25. The van der Waals surface area contributed by atoms with E-state index in [0.717, 1.165) is 18.4 Å². The second-order valence-electron chi connectivity index (χ2n) is 5.30. The summed E-state index contributed by atoms with van der Waals surface area (Å²) in [6, 6.07) is 7.04. The molecule has 21 heavy (non-hydrogen) atoms. The standard InChI is InChI=1S/C16H25N3O2/c1-3-4-5-8-12(2)18-16(21)19-14-10-7-6-9-13(14)11-15(17)20/h6-7,9-10,12H,3-5,8,11H2,1-2H3,(H2,17,20)(H2,18,19,21). The monoisotopic (exact) mass is 291 g/mol. The number of hydrogen-bond donors (Lipinski definition) is 3. The molecule has 1 aromatic carbocycles. The van der Waals surface area contributed by atoms with E-state index in [2.05, 4.69) is 17.6 Å². The minimum atomic E-state index is -0.419. The van der Waals surface area contributed by atoms with Gasteiger partial charge in [0.15, 0.2) is 0 Å². The molecule has 0 fully saturated rings. The molecule has 4 N–H and O–H groups in total. The number of benzene rings is 1. The fourth-order valence-corrected chi connectivity index (χ4v) is 2.14. The molecular weight excluding hydrogens is 266 g/mol. The molecule has 0 aromatic heterocycles. The highest BCUT2D eigenvalue weighted by Gasteiger charge is 2.10. The smallest absolute Gasteiger partial charge is 0.319 e. The van der Waals surface area contributed by atoms with Gasteiger partial charge in [-0.1, -0.05) is 44.4 Å². The van der Waals surface area contributed by atoms with Crippen molar-refractivity contribution >= 4 is 17.6 Å². The van der Waals surface area contributed by atoms with Gasteiger partial charge in [0.1, 0.15) is 0 Å². The van der Waals surface area contributed by atoms with E-state index in [1.165, 1.54) is 12.8 Å². The van der Waals surface area contributed by atoms with E-state index in [1.54, 1.807) is 12.1 Å². The molecule has 0 bridgehead atoms. The zero-order valence-electron chi connectivity index (χ0n) is 12.8. The van der Waals surface area contributed by atoms with Gasteiger partial charge in [0.05, 0.1) is 6.42 Å². The lowest BCUT2D eigenvalue weighted by atomic mass is 10.1. The first kappa shape index (κ1) is 17.0. The summed E-state index contributed by atoms with van der Waals surface area (Å²) >= 11 is 0. The van der Waals surface area contributed by atoms with Gasteiger partial charge in [-0.15, -0.1) is 0 Å². The number of urea groups is 1. The van der Waals surface area contributed by atoms with E-state index < -0.39 is 5.91 Å². The van der Waals surface area contributed by atoms with Crippen LogP contribution in [-0.2, 0) is 11.2 Å². The van der Waals surface area contributed by atoms with Crippen molar-refractivity contribution in [2.45, 2.75) is 52.0 Å². The molecule has 0 heterocycles. The third kappa shape index (κ3) is 6.79. The van der Waals surface area contributed by atoms with Gasteiger partial charge in [0.2, 0.25) is 5.91 Å². The average Bonchev–Trinajstić information content (AvgIpc) is 2.40. The Labute approximate surface area is 126 Å². The van der Waals surface area contributed by atoms with Crippen molar-refractivity contribution in [3.8, 4) is 0 Å². The summed E-state index contributed by atoms with van der Waals surface area (Å²) in [5.41, 5.74) is 6.55. The van der Waals surface area contributed by atoms with Crippen molar-refractivity contribution < 1.29 is 9.59 Å². The first-order valence-electron chi connectivity index (χ1n) is 7.46. The number of nitrogens with two attached hydrogens (primary N) is 1. The van der Waals surface area contributed by atoms with Crippen LogP contribution in [0.3, 0.4) is 0 Å². The van der Waals surface area contributed by atoms with Crippen LogP contribution in [0.2, 0.25) is 0 Å². The molecule has 1 unspecified atom stereocenters. The molecule has 1 atom stereocenters. The highest BCUT2D eigenvalue weighted by atomic mass is 16.2. The fraction of sp³-hybridized carbons (Fsp3) is 0.500. The third-order valence-corrected chi connectivity index (χ3v) is 3.25. The van der Waals surface area contributed by atoms with Crippen molar-refractivity contribution in [2.75, 3.05) is 5.32 Å². The SMILES string of the molecule is CCCCCC(C)NC(=O)Nc1ccccc1CC(N)=O. The van der Waals surface area contributed by atoms with Gasteiger partial charge in [0, 0.05) is 11.7 Å². The van der Waals surface area contributed by atoms with Gasteiger partial charge in [-0.2, -0.15) is 0 Å². The number of carbonyl (C=O) groups is 2. The molecule has 3 amide bonds. The molecule has 0 aliphatic rings. The summed E-state index contributed by atoms with van der Waals surface area (Å²) in [7, 11) is 0. The minimum absolute atomic E-state index is 0.114. The van der Waals surface area contributed by atoms with E-state index in [-0.39, 0.29) is 18.5 Å². The van der Waals surface area contributed by atoms with E-state index in [1.807, 2.05) is 19.1 Å². The molecule has 0 saturated heterocycles. The van der Waals surface area contributed by atoms with Crippen molar-refractivity contribution in [3.05, 3.63) is 29.8 Å². The fourth-order valence-electron chi connectivity index (χ4n) is 2.14. The van der Waals surface area contributed by atoms with Crippen LogP contribution in [0.5, 0.6) is 0 Å². The minimum Gasteiger partial charge on any atom is -0.369 e. The predicted molar refractivity (Wildman–Crippen MR) is 85.1 cm³/mol. The van der Waals surface area contributed by atoms with Crippen LogP contribution in [-0.4, -0.2) is 18.0 Å². The molecule has 5 nitrogen and oxygen atoms in total. The van der Waals surface area contributed by atoms with Crippen molar-refractivity contribution in [1.82, 2.24) is 5.32 Å². The van der Waals surface area contributed by atoms with Gasteiger partial charge in [-0.25, -0.2) is 4.79 Å². The van der Waals surface area contributed by atoms with E-state index in [9.17, 15) is 9.59 Å². The number of primary amides is 1. The van der Waals surface area contributed by atoms with Gasteiger partial charge in [0.25, 0.3) is 0 Å². The normalized spacial score (nSPS) is 11.7. The molecule has 1 aromatic rings. The lowest BCUT2D eigenvalue weighted by molar-refractivity contribution is -0.117. The Morgan fingerprint density at radius 2 is 1.95 bits per heavy atom. The van der Waals surface area contributed by atoms with Crippen LogP contribution in [0.15, 0.2) is 24.3 Å². The highest BCUT2D eigenvalue weighted by molar-refractivity contribution is 5.91. The maximum Gasteiger partial charge on any atom is 0.319 e.